The number of carbonyl (C=O) groups is 1. The van der Waals surface area contributed by atoms with E-state index in [9.17, 15) is 4.79 Å². The van der Waals surface area contributed by atoms with E-state index in [-0.39, 0.29) is 5.91 Å². The summed E-state index contributed by atoms with van der Waals surface area (Å²) in [7, 11) is 0. The van der Waals surface area contributed by atoms with Crippen LogP contribution in [0.25, 0.3) is 0 Å². The standard InChI is InChI=1S/C28H46N4O2/c1-2-31-15-12-26(13-16-31)34-17-7-14-29-28(33)11-6-10-27-25-18-24(19-30-27)21-32(22-25)20-23-8-4-3-5-9-23/h3-5,8-9,24-27,30H,2,6-7,10-22H2,1H3,(H,29,33). The predicted molar refractivity (Wildman–Crippen MR) is 138 cm³/mol. The molecule has 3 unspecified atom stereocenters. The second-order valence-corrected chi connectivity index (χ2v) is 10.7. The van der Waals surface area contributed by atoms with E-state index in [2.05, 4.69) is 57.7 Å². The molecular weight excluding hydrogens is 424 g/mol. The number of amides is 1. The van der Waals surface area contributed by atoms with Gasteiger partial charge in [0, 0.05) is 58.3 Å². The maximum atomic E-state index is 12.3. The largest absolute Gasteiger partial charge is 0.378 e. The fourth-order valence-electron chi connectivity index (χ4n) is 6.09. The van der Waals surface area contributed by atoms with Crippen molar-refractivity contribution in [2.45, 2.75) is 70.6 Å². The highest BCUT2D eigenvalue weighted by Crippen LogP contribution is 2.31. The molecule has 0 aliphatic carbocycles. The monoisotopic (exact) mass is 470 g/mol. The summed E-state index contributed by atoms with van der Waals surface area (Å²) >= 11 is 0. The molecule has 0 aromatic heterocycles. The number of piperidine rings is 3. The Bertz CT molecular complexity index is 722. The van der Waals surface area contributed by atoms with E-state index < -0.39 is 0 Å². The van der Waals surface area contributed by atoms with E-state index in [1.807, 2.05) is 0 Å². The van der Waals surface area contributed by atoms with Crippen LogP contribution in [0.5, 0.6) is 0 Å². The van der Waals surface area contributed by atoms with Crippen LogP contribution in [0, 0.1) is 11.8 Å². The number of hydrogen-bond donors (Lipinski definition) is 2. The minimum atomic E-state index is 0.194. The van der Waals surface area contributed by atoms with Gasteiger partial charge in [0.15, 0.2) is 0 Å². The maximum Gasteiger partial charge on any atom is 0.219 e. The molecular formula is C28H46N4O2. The zero-order chi connectivity index (χ0) is 23.6. The van der Waals surface area contributed by atoms with E-state index in [1.165, 1.54) is 25.1 Å². The lowest BCUT2D eigenvalue weighted by atomic mass is 9.79. The average molecular weight is 471 g/mol. The molecule has 6 heteroatoms. The molecule has 3 aliphatic heterocycles. The van der Waals surface area contributed by atoms with Crippen molar-refractivity contribution in [3.8, 4) is 0 Å². The molecule has 1 aromatic rings. The summed E-state index contributed by atoms with van der Waals surface area (Å²) in [6.07, 6.45) is 7.64. The van der Waals surface area contributed by atoms with Crippen molar-refractivity contribution in [1.29, 1.82) is 0 Å². The zero-order valence-electron chi connectivity index (χ0n) is 21.2. The predicted octanol–water partition coefficient (Wildman–Crippen LogP) is 3.27. The molecule has 4 rings (SSSR count). The Morgan fingerprint density at radius 2 is 1.94 bits per heavy atom. The van der Waals surface area contributed by atoms with Crippen LogP contribution in [0.1, 0.15) is 57.4 Å². The minimum Gasteiger partial charge on any atom is -0.378 e. The third-order valence-corrected chi connectivity index (χ3v) is 8.03. The smallest absolute Gasteiger partial charge is 0.219 e. The van der Waals surface area contributed by atoms with Gasteiger partial charge in [-0.05, 0) is 69.0 Å². The van der Waals surface area contributed by atoms with Gasteiger partial charge in [-0.1, -0.05) is 37.3 Å². The molecule has 3 fully saturated rings. The van der Waals surface area contributed by atoms with Gasteiger partial charge in [-0.2, -0.15) is 0 Å². The molecule has 3 heterocycles. The van der Waals surface area contributed by atoms with Gasteiger partial charge in [0.2, 0.25) is 5.91 Å². The fourth-order valence-corrected chi connectivity index (χ4v) is 6.09. The van der Waals surface area contributed by atoms with E-state index in [4.69, 9.17) is 4.74 Å². The number of benzene rings is 1. The molecule has 3 atom stereocenters. The zero-order valence-corrected chi connectivity index (χ0v) is 21.2. The summed E-state index contributed by atoms with van der Waals surface area (Å²) in [5, 5.41) is 6.90. The molecule has 2 bridgehead atoms. The van der Waals surface area contributed by atoms with Crippen molar-refractivity contribution < 1.29 is 9.53 Å². The molecule has 2 N–H and O–H groups in total. The first-order chi connectivity index (χ1) is 16.7. The Kier molecular flexibility index (Phi) is 10.2. The lowest BCUT2D eigenvalue weighted by molar-refractivity contribution is -0.121. The summed E-state index contributed by atoms with van der Waals surface area (Å²) in [5.41, 5.74) is 1.41. The normalized spacial score (nSPS) is 26.4. The van der Waals surface area contributed by atoms with Crippen LogP contribution in [0.3, 0.4) is 0 Å². The Morgan fingerprint density at radius 3 is 2.74 bits per heavy atom. The summed E-state index contributed by atoms with van der Waals surface area (Å²) < 4.78 is 6.01. The molecule has 34 heavy (non-hydrogen) atoms. The van der Waals surface area contributed by atoms with Gasteiger partial charge < -0.3 is 20.3 Å². The highest BCUT2D eigenvalue weighted by atomic mass is 16.5. The van der Waals surface area contributed by atoms with Crippen molar-refractivity contribution in [3.05, 3.63) is 35.9 Å². The van der Waals surface area contributed by atoms with E-state index in [0.717, 1.165) is 83.9 Å². The fraction of sp³-hybridized carbons (Fsp3) is 0.750. The number of carbonyl (C=O) groups excluding carboxylic acids is 1. The van der Waals surface area contributed by atoms with Crippen LogP contribution < -0.4 is 10.6 Å². The van der Waals surface area contributed by atoms with E-state index in [0.29, 0.717) is 24.5 Å². The second kappa shape index (κ2) is 13.6. The highest BCUT2D eigenvalue weighted by Gasteiger charge is 2.36. The van der Waals surface area contributed by atoms with Crippen LogP contribution in [-0.4, -0.2) is 80.3 Å². The third-order valence-electron chi connectivity index (χ3n) is 8.03. The summed E-state index contributed by atoms with van der Waals surface area (Å²) in [5.74, 6) is 1.67. The molecule has 6 nitrogen and oxygen atoms in total. The van der Waals surface area contributed by atoms with Gasteiger partial charge >= 0.3 is 0 Å². The number of nitrogens with one attached hydrogen (secondary N) is 2. The van der Waals surface area contributed by atoms with Crippen LogP contribution in [0.15, 0.2) is 30.3 Å². The summed E-state index contributed by atoms with van der Waals surface area (Å²) in [4.78, 5) is 17.4. The highest BCUT2D eigenvalue weighted by molar-refractivity contribution is 5.75. The molecule has 0 saturated carbocycles. The number of fused-ring (bicyclic) bond motifs is 2. The molecule has 190 valence electrons. The minimum absolute atomic E-state index is 0.194. The van der Waals surface area contributed by atoms with Crippen molar-refractivity contribution in [1.82, 2.24) is 20.4 Å². The number of rotatable bonds is 12. The van der Waals surface area contributed by atoms with Crippen LogP contribution in [0.2, 0.25) is 0 Å². The molecule has 0 radical (unpaired) electrons. The molecule has 1 aromatic carbocycles. The quantitative estimate of drug-likeness (QED) is 0.459. The maximum absolute atomic E-state index is 12.3. The topological polar surface area (TPSA) is 56.8 Å². The van der Waals surface area contributed by atoms with E-state index in [1.54, 1.807) is 0 Å². The van der Waals surface area contributed by atoms with Crippen LogP contribution in [0.4, 0.5) is 0 Å². The first-order valence-electron chi connectivity index (χ1n) is 13.8. The molecule has 0 spiro atoms. The van der Waals surface area contributed by atoms with Gasteiger partial charge in [-0.3, -0.25) is 9.69 Å². The third kappa shape index (κ3) is 8.04. The van der Waals surface area contributed by atoms with Crippen LogP contribution >= 0.6 is 0 Å². The number of likely N-dealkylation sites (tertiary alicyclic amines) is 2. The molecule has 3 aliphatic rings. The van der Waals surface area contributed by atoms with Crippen molar-refractivity contribution in [3.63, 3.8) is 0 Å². The van der Waals surface area contributed by atoms with Gasteiger partial charge in [0.05, 0.1) is 6.10 Å². The lowest BCUT2D eigenvalue weighted by Gasteiger charge is -2.46. The lowest BCUT2D eigenvalue weighted by Crippen LogP contribution is -2.55. The Morgan fingerprint density at radius 1 is 1.12 bits per heavy atom. The van der Waals surface area contributed by atoms with Crippen molar-refractivity contribution in [2.24, 2.45) is 11.8 Å². The number of nitrogens with zero attached hydrogens (tertiary/aromatic N) is 2. The average Bonchev–Trinajstić information content (AvgIpc) is 2.86. The number of ether oxygens (including phenoxy) is 1. The van der Waals surface area contributed by atoms with Crippen molar-refractivity contribution in [2.75, 3.05) is 52.4 Å². The Balaban J connectivity index is 1.06. The first kappa shape index (κ1) is 25.6. The number of hydrogen-bond acceptors (Lipinski definition) is 5. The summed E-state index contributed by atoms with van der Waals surface area (Å²) in [6, 6.07) is 11.4. The molecule has 3 saturated heterocycles. The Labute approximate surface area is 206 Å². The SMILES string of the molecule is CCN1CCC(OCCCNC(=O)CCCC2NCC3CC2CN(Cc2ccccc2)C3)CC1. The van der Waals surface area contributed by atoms with Crippen molar-refractivity contribution >= 4 is 5.91 Å². The van der Waals surface area contributed by atoms with Gasteiger partial charge in [0.1, 0.15) is 0 Å². The van der Waals surface area contributed by atoms with Gasteiger partial charge in [-0.25, -0.2) is 0 Å². The van der Waals surface area contributed by atoms with E-state index >= 15 is 0 Å². The molecule has 1 amide bonds. The summed E-state index contributed by atoms with van der Waals surface area (Å²) in [6.45, 7) is 11.7. The van der Waals surface area contributed by atoms with Crippen LogP contribution in [-0.2, 0) is 16.1 Å². The first-order valence-corrected chi connectivity index (χ1v) is 13.8. The second-order valence-electron chi connectivity index (χ2n) is 10.7. The van der Waals surface area contributed by atoms with Gasteiger partial charge in [-0.15, -0.1) is 0 Å². The van der Waals surface area contributed by atoms with Gasteiger partial charge in [0.25, 0.3) is 0 Å². The Hall–Kier alpha value is -1.47.